The third-order valence-corrected chi connectivity index (χ3v) is 4.12. The first kappa shape index (κ1) is 17.9. The van der Waals surface area contributed by atoms with Crippen LogP contribution < -0.4 is 21.3 Å². The molecule has 1 rings (SSSR count). The van der Waals surface area contributed by atoms with E-state index in [1.54, 1.807) is 0 Å². The van der Waals surface area contributed by atoms with Crippen molar-refractivity contribution in [1.29, 1.82) is 0 Å². The van der Waals surface area contributed by atoms with Gasteiger partial charge < -0.3 is 21.3 Å². The van der Waals surface area contributed by atoms with Crippen molar-refractivity contribution >= 4 is 0 Å². The maximum Gasteiger partial charge on any atom is 0 e. The third-order valence-electron chi connectivity index (χ3n) is 4.12. The lowest BCUT2D eigenvalue weighted by Gasteiger charge is -2.06. The molecule has 0 heterocycles. The molecule has 4 heteroatoms. The Labute approximate surface area is 131 Å². The quantitative estimate of drug-likeness (QED) is 0.349. The molecule has 0 aromatic rings. The van der Waals surface area contributed by atoms with E-state index in [0.29, 0.717) is 0 Å². The Bertz CT molecular complexity index is 226. The van der Waals surface area contributed by atoms with Gasteiger partial charge in [-0.1, -0.05) is 6.92 Å². The molecule has 1 aliphatic rings. The third kappa shape index (κ3) is 9.70. The number of hydrogen-bond acceptors (Lipinski definition) is 4. The Morgan fingerprint density at radius 3 is 1.80 bits per heavy atom. The monoisotopic (exact) mass is 292 g/mol. The van der Waals surface area contributed by atoms with Crippen LogP contribution in [-0.4, -0.2) is 52.9 Å². The molecule has 0 aromatic carbocycles. The van der Waals surface area contributed by atoms with Crippen LogP contribution in [0.25, 0.3) is 0 Å². The van der Waals surface area contributed by atoms with E-state index in [-0.39, 0.29) is 5.71 Å². The smallest absolute Gasteiger partial charge is 0 e. The maximum atomic E-state index is 3.61. The summed E-state index contributed by atoms with van der Waals surface area (Å²) in [6.45, 7) is 10.4. The average molecular weight is 293 g/mol. The molecular weight excluding hydrogens is 248 g/mol. The van der Waals surface area contributed by atoms with Crippen LogP contribution in [0.4, 0.5) is 0 Å². The fourth-order valence-electron chi connectivity index (χ4n) is 2.61. The molecule has 0 aromatic heterocycles. The first-order chi connectivity index (χ1) is 9.88. The van der Waals surface area contributed by atoms with E-state index >= 15 is 0 Å². The van der Waals surface area contributed by atoms with E-state index in [9.17, 15) is 0 Å². The van der Waals surface area contributed by atoms with Crippen LogP contribution in [-0.2, 0) is 0 Å². The van der Waals surface area contributed by atoms with E-state index in [0.717, 1.165) is 24.9 Å². The molecular formula is C16H44N4. The lowest BCUT2D eigenvalue weighted by molar-refractivity contribution is 0.533. The van der Waals surface area contributed by atoms with E-state index in [1.165, 1.54) is 64.8 Å². The molecule has 20 heavy (non-hydrogen) atoms. The Morgan fingerprint density at radius 1 is 0.800 bits per heavy atom. The highest BCUT2D eigenvalue weighted by Crippen LogP contribution is 2.36. The number of rotatable bonds is 15. The van der Waals surface area contributed by atoms with Gasteiger partial charge in [-0.2, -0.15) is 0 Å². The Kier molecular flexibility index (Phi) is 11.2. The van der Waals surface area contributed by atoms with Crippen LogP contribution in [0.3, 0.4) is 0 Å². The average Bonchev–Trinajstić information content (AvgIpc) is 3.20. The van der Waals surface area contributed by atoms with Crippen LogP contribution in [0.2, 0.25) is 0 Å². The fourth-order valence-corrected chi connectivity index (χ4v) is 2.61. The summed E-state index contributed by atoms with van der Waals surface area (Å²) in [7, 11) is 2.02. The summed E-state index contributed by atoms with van der Waals surface area (Å²) in [6, 6.07) is 0. The normalized spacial score (nSPS) is 21.3. The summed E-state index contributed by atoms with van der Waals surface area (Å²) in [4.78, 5) is 0. The second kappa shape index (κ2) is 12.6. The SMILES string of the molecule is CCNCCCCNC[C@H]1C[C@@H]1CNCCCCNC.[HH].[HH].[HH].[HH]. The Hall–Kier alpha value is -0.160. The predicted molar refractivity (Wildman–Crippen MR) is 96.7 cm³/mol. The Balaban J connectivity index is -0.000000500. The lowest BCUT2D eigenvalue weighted by atomic mass is 10.2. The van der Waals surface area contributed by atoms with E-state index < -0.39 is 0 Å². The molecule has 0 unspecified atom stereocenters. The van der Waals surface area contributed by atoms with Crippen LogP contribution >= 0.6 is 0 Å². The number of nitrogens with one attached hydrogen (secondary N) is 4. The van der Waals surface area contributed by atoms with Crippen LogP contribution in [0.15, 0.2) is 0 Å². The molecule has 0 spiro atoms. The molecule has 1 fully saturated rings. The van der Waals surface area contributed by atoms with Gasteiger partial charge in [0.1, 0.15) is 0 Å². The molecule has 0 radical (unpaired) electrons. The number of unbranched alkanes of at least 4 members (excludes halogenated alkanes) is 2. The highest BCUT2D eigenvalue weighted by atomic mass is 14.9. The van der Waals surface area contributed by atoms with Crippen molar-refractivity contribution in [2.75, 3.05) is 52.9 Å². The molecule has 128 valence electrons. The van der Waals surface area contributed by atoms with Crippen molar-refractivity contribution in [3.63, 3.8) is 0 Å². The van der Waals surface area contributed by atoms with Gasteiger partial charge in [-0.25, -0.2) is 0 Å². The molecule has 0 bridgehead atoms. The molecule has 0 aliphatic heterocycles. The van der Waals surface area contributed by atoms with Gasteiger partial charge in [0.25, 0.3) is 0 Å². The number of hydrogen-bond donors (Lipinski definition) is 4. The van der Waals surface area contributed by atoms with Crippen molar-refractivity contribution in [2.24, 2.45) is 11.8 Å². The first-order valence-corrected chi connectivity index (χ1v) is 8.65. The lowest BCUT2D eigenvalue weighted by Crippen LogP contribution is -2.23. The highest BCUT2D eigenvalue weighted by molar-refractivity contribution is 4.89. The van der Waals surface area contributed by atoms with Gasteiger partial charge in [0.15, 0.2) is 0 Å². The van der Waals surface area contributed by atoms with Gasteiger partial charge >= 0.3 is 0 Å². The molecule has 1 aliphatic carbocycles. The topological polar surface area (TPSA) is 48.1 Å². The predicted octanol–water partition coefficient (Wildman–Crippen LogP) is 2.18. The summed E-state index contributed by atoms with van der Waals surface area (Å²) >= 11 is 0. The Morgan fingerprint density at radius 2 is 1.30 bits per heavy atom. The summed E-state index contributed by atoms with van der Waals surface area (Å²) in [6.07, 6.45) is 6.60. The van der Waals surface area contributed by atoms with Crippen LogP contribution in [0, 0.1) is 11.8 Å². The zero-order valence-electron chi connectivity index (χ0n) is 13.6. The van der Waals surface area contributed by atoms with E-state index in [2.05, 4.69) is 28.2 Å². The minimum absolute atomic E-state index is 0. The van der Waals surface area contributed by atoms with Gasteiger partial charge in [-0.05, 0) is 96.8 Å². The van der Waals surface area contributed by atoms with Crippen molar-refractivity contribution in [1.82, 2.24) is 21.3 Å². The molecule has 0 amide bonds. The maximum absolute atomic E-state index is 3.61. The molecule has 1 saturated carbocycles. The molecule has 2 atom stereocenters. The van der Waals surface area contributed by atoms with Gasteiger partial charge in [0.05, 0.1) is 0 Å². The van der Waals surface area contributed by atoms with Crippen molar-refractivity contribution in [3.05, 3.63) is 0 Å². The van der Waals surface area contributed by atoms with Crippen LogP contribution in [0.1, 0.15) is 44.7 Å². The summed E-state index contributed by atoms with van der Waals surface area (Å²) in [5, 5.41) is 13.8. The largest absolute Gasteiger partial charge is 0.320 e. The minimum atomic E-state index is 0. The van der Waals surface area contributed by atoms with Gasteiger partial charge in [0, 0.05) is 5.71 Å². The second-order valence-electron chi connectivity index (χ2n) is 6.04. The standard InChI is InChI=1S/C16H36N4.4H2/c1-3-18-9-6-7-11-20-14-16-12-15(16)13-19-10-5-4-8-17-2;;;;/h15-20H,3-14H2,1-2H3;4*1H/t15-,16-;;;;/m1..../s1. The van der Waals surface area contributed by atoms with Crippen molar-refractivity contribution < 1.29 is 5.71 Å². The van der Waals surface area contributed by atoms with Crippen molar-refractivity contribution in [2.45, 2.75) is 39.0 Å². The zero-order chi connectivity index (χ0) is 14.5. The van der Waals surface area contributed by atoms with E-state index in [4.69, 9.17) is 0 Å². The van der Waals surface area contributed by atoms with Crippen LogP contribution in [0.5, 0.6) is 0 Å². The molecule has 4 N–H and O–H groups in total. The first-order valence-electron chi connectivity index (χ1n) is 8.65. The summed E-state index contributed by atoms with van der Waals surface area (Å²) < 4.78 is 0. The van der Waals surface area contributed by atoms with Crippen molar-refractivity contribution in [3.8, 4) is 0 Å². The minimum Gasteiger partial charge on any atom is -0.320 e. The summed E-state index contributed by atoms with van der Waals surface area (Å²) in [5.74, 6) is 1.88. The van der Waals surface area contributed by atoms with Gasteiger partial charge in [-0.3, -0.25) is 0 Å². The molecule has 4 nitrogen and oxygen atoms in total. The second-order valence-corrected chi connectivity index (χ2v) is 6.04. The molecule has 0 saturated heterocycles. The highest BCUT2D eigenvalue weighted by Gasteiger charge is 2.35. The summed E-state index contributed by atoms with van der Waals surface area (Å²) in [5.41, 5.74) is 0. The van der Waals surface area contributed by atoms with Gasteiger partial charge in [0.2, 0.25) is 0 Å². The zero-order valence-corrected chi connectivity index (χ0v) is 13.6. The fraction of sp³-hybridized carbons (Fsp3) is 1.00. The van der Waals surface area contributed by atoms with E-state index in [1.807, 2.05) is 7.05 Å². The van der Waals surface area contributed by atoms with Gasteiger partial charge in [-0.15, -0.1) is 0 Å².